The molecule has 6 heteroatoms. The number of rotatable bonds is 7. The molecule has 134 valence electrons. The zero-order valence-corrected chi connectivity index (χ0v) is 15.2. The molecule has 0 aliphatic rings. The first-order valence-electron chi connectivity index (χ1n) is 8.38. The van der Waals surface area contributed by atoms with E-state index in [0.29, 0.717) is 6.54 Å². The third-order valence-corrected chi connectivity index (χ3v) is 3.98. The minimum atomic E-state index is 0.623. The van der Waals surface area contributed by atoms with Gasteiger partial charge < -0.3 is 20.3 Å². The zero-order chi connectivity index (χ0) is 18.4. The number of methoxy groups -OCH3 is 1. The Bertz CT molecular complexity index is 849. The van der Waals surface area contributed by atoms with E-state index in [9.17, 15) is 0 Å². The van der Waals surface area contributed by atoms with Crippen LogP contribution >= 0.6 is 0 Å². The lowest BCUT2D eigenvalue weighted by molar-refractivity contribution is 0.410. The van der Waals surface area contributed by atoms with Gasteiger partial charge in [-0.3, -0.25) is 0 Å². The van der Waals surface area contributed by atoms with Crippen LogP contribution < -0.4 is 20.3 Å². The minimum Gasteiger partial charge on any atom is -0.496 e. The van der Waals surface area contributed by atoms with Crippen molar-refractivity contribution >= 4 is 23.0 Å². The van der Waals surface area contributed by atoms with Crippen LogP contribution in [0.1, 0.15) is 5.56 Å². The van der Waals surface area contributed by atoms with Crippen LogP contribution in [0, 0.1) is 0 Å². The summed E-state index contributed by atoms with van der Waals surface area (Å²) in [6.45, 7) is 0.623. The molecule has 0 amide bonds. The maximum Gasteiger partial charge on any atom is 0.135 e. The lowest BCUT2D eigenvalue weighted by Gasteiger charge is -2.13. The van der Waals surface area contributed by atoms with Crippen molar-refractivity contribution in [1.29, 1.82) is 0 Å². The first-order chi connectivity index (χ1) is 12.7. The molecule has 6 nitrogen and oxygen atoms in total. The minimum absolute atomic E-state index is 0.623. The summed E-state index contributed by atoms with van der Waals surface area (Å²) in [6, 6.07) is 18.0. The number of benzene rings is 2. The van der Waals surface area contributed by atoms with Crippen molar-refractivity contribution in [2.45, 2.75) is 6.54 Å². The van der Waals surface area contributed by atoms with Gasteiger partial charge in [-0.1, -0.05) is 18.2 Å². The molecule has 0 atom stereocenters. The second kappa shape index (κ2) is 8.20. The van der Waals surface area contributed by atoms with Gasteiger partial charge in [0.05, 0.1) is 7.11 Å². The fraction of sp³-hybridized carbons (Fsp3) is 0.200. The van der Waals surface area contributed by atoms with E-state index in [2.05, 4.69) is 37.6 Å². The molecular formula is C20H23N5O. The van der Waals surface area contributed by atoms with Crippen LogP contribution in [0.15, 0.2) is 60.9 Å². The van der Waals surface area contributed by atoms with Crippen molar-refractivity contribution in [3.05, 3.63) is 66.5 Å². The molecule has 1 aromatic heterocycles. The summed E-state index contributed by atoms with van der Waals surface area (Å²) < 4.78 is 5.37. The molecule has 0 saturated heterocycles. The van der Waals surface area contributed by atoms with E-state index in [1.54, 1.807) is 13.4 Å². The van der Waals surface area contributed by atoms with Gasteiger partial charge >= 0.3 is 0 Å². The van der Waals surface area contributed by atoms with E-state index < -0.39 is 0 Å². The average molecular weight is 349 g/mol. The number of nitrogens with zero attached hydrogens (tertiary/aromatic N) is 3. The molecular weight excluding hydrogens is 326 g/mol. The van der Waals surface area contributed by atoms with Crippen LogP contribution in [0.2, 0.25) is 0 Å². The summed E-state index contributed by atoms with van der Waals surface area (Å²) in [5.41, 5.74) is 3.20. The molecule has 0 aliphatic carbocycles. The van der Waals surface area contributed by atoms with E-state index in [-0.39, 0.29) is 0 Å². The molecule has 0 bridgehead atoms. The Morgan fingerprint density at radius 1 is 0.962 bits per heavy atom. The summed E-state index contributed by atoms with van der Waals surface area (Å²) in [7, 11) is 5.71. The van der Waals surface area contributed by atoms with Crippen molar-refractivity contribution < 1.29 is 4.74 Å². The largest absolute Gasteiger partial charge is 0.496 e. The van der Waals surface area contributed by atoms with Crippen LogP contribution in [0.25, 0.3) is 0 Å². The summed E-state index contributed by atoms with van der Waals surface area (Å²) >= 11 is 0. The molecule has 2 aromatic carbocycles. The molecule has 2 N–H and O–H groups in total. The maximum absolute atomic E-state index is 5.37. The Morgan fingerprint density at radius 3 is 2.42 bits per heavy atom. The van der Waals surface area contributed by atoms with Crippen LogP contribution in [-0.4, -0.2) is 31.2 Å². The van der Waals surface area contributed by atoms with Gasteiger partial charge in [-0.25, -0.2) is 9.97 Å². The molecule has 3 aromatic rings. The number of hydrogen-bond acceptors (Lipinski definition) is 6. The number of para-hydroxylation sites is 1. The third kappa shape index (κ3) is 4.42. The molecule has 0 aliphatic heterocycles. The summed E-state index contributed by atoms with van der Waals surface area (Å²) in [5, 5.41) is 6.60. The standard InChI is InChI=1S/C20H23N5O/c1-25(2)17-10-8-16(9-11-17)24-20-12-19(22-14-23-20)21-13-15-6-4-5-7-18(15)26-3/h4-12,14H,13H2,1-3H3,(H2,21,22,23,24). The topological polar surface area (TPSA) is 62.3 Å². The highest BCUT2D eigenvalue weighted by Crippen LogP contribution is 2.21. The Balaban J connectivity index is 1.66. The van der Waals surface area contributed by atoms with Gasteiger partial charge in [-0.05, 0) is 30.3 Å². The first-order valence-corrected chi connectivity index (χ1v) is 8.38. The summed E-state index contributed by atoms with van der Waals surface area (Å²) in [6.07, 6.45) is 1.54. The normalized spacial score (nSPS) is 10.3. The Morgan fingerprint density at radius 2 is 1.69 bits per heavy atom. The molecule has 0 fully saturated rings. The summed E-state index contributed by atoms with van der Waals surface area (Å²) in [4.78, 5) is 10.6. The van der Waals surface area contributed by atoms with Gasteiger partial charge in [0.2, 0.25) is 0 Å². The van der Waals surface area contributed by atoms with Gasteiger partial charge in [0.15, 0.2) is 0 Å². The van der Waals surface area contributed by atoms with Crippen LogP contribution in [0.3, 0.4) is 0 Å². The molecule has 3 rings (SSSR count). The first kappa shape index (κ1) is 17.5. The number of ether oxygens (including phenoxy) is 1. The maximum atomic E-state index is 5.37. The van der Waals surface area contributed by atoms with E-state index in [4.69, 9.17) is 4.74 Å². The molecule has 0 spiro atoms. The second-order valence-electron chi connectivity index (χ2n) is 6.02. The van der Waals surface area contributed by atoms with Crippen molar-refractivity contribution in [3.8, 4) is 5.75 Å². The Kier molecular flexibility index (Phi) is 5.53. The van der Waals surface area contributed by atoms with Crippen LogP contribution in [0.4, 0.5) is 23.0 Å². The van der Waals surface area contributed by atoms with Gasteiger partial charge in [-0.15, -0.1) is 0 Å². The Hall–Kier alpha value is -3.28. The highest BCUT2D eigenvalue weighted by atomic mass is 16.5. The number of aromatic nitrogens is 2. The predicted molar refractivity (Wildman–Crippen MR) is 106 cm³/mol. The van der Waals surface area contributed by atoms with Crippen LogP contribution in [-0.2, 0) is 6.54 Å². The van der Waals surface area contributed by atoms with E-state index in [1.165, 1.54) is 0 Å². The molecule has 26 heavy (non-hydrogen) atoms. The SMILES string of the molecule is COc1ccccc1CNc1cc(Nc2ccc(N(C)C)cc2)ncn1. The molecule has 0 unspecified atom stereocenters. The van der Waals surface area contributed by atoms with Crippen molar-refractivity contribution in [3.63, 3.8) is 0 Å². The number of hydrogen-bond donors (Lipinski definition) is 2. The highest BCUT2D eigenvalue weighted by molar-refractivity contribution is 5.62. The fourth-order valence-electron chi connectivity index (χ4n) is 2.55. The van der Waals surface area contributed by atoms with Gasteiger partial charge in [0.1, 0.15) is 23.7 Å². The third-order valence-electron chi connectivity index (χ3n) is 3.98. The zero-order valence-electron chi connectivity index (χ0n) is 15.2. The average Bonchev–Trinajstić information content (AvgIpc) is 2.67. The number of nitrogens with one attached hydrogen (secondary N) is 2. The molecule has 0 saturated carbocycles. The van der Waals surface area contributed by atoms with Crippen molar-refractivity contribution in [2.75, 3.05) is 36.7 Å². The second-order valence-corrected chi connectivity index (χ2v) is 6.02. The van der Waals surface area contributed by atoms with Gasteiger partial charge in [-0.2, -0.15) is 0 Å². The van der Waals surface area contributed by atoms with Crippen molar-refractivity contribution in [1.82, 2.24) is 9.97 Å². The van der Waals surface area contributed by atoms with Crippen LogP contribution in [0.5, 0.6) is 5.75 Å². The highest BCUT2D eigenvalue weighted by Gasteiger charge is 2.04. The Labute approximate surface area is 153 Å². The smallest absolute Gasteiger partial charge is 0.135 e. The fourth-order valence-corrected chi connectivity index (χ4v) is 2.55. The quantitative estimate of drug-likeness (QED) is 0.674. The van der Waals surface area contributed by atoms with E-state index >= 15 is 0 Å². The van der Waals surface area contributed by atoms with E-state index in [0.717, 1.165) is 34.3 Å². The lowest BCUT2D eigenvalue weighted by Crippen LogP contribution is -2.08. The van der Waals surface area contributed by atoms with E-state index in [1.807, 2.05) is 56.6 Å². The molecule has 1 heterocycles. The lowest BCUT2D eigenvalue weighted by atomic mass is 10.2. The van der Waals surface area contributed by atoms with Crippen molar-refractivity contribution in [2.24, 2.45) is 0 Å². The van der Waals surface area contributed by atoms with Gasteiger partial charge in [0.25, 0.3) is 0 Å². The number of anilines is 4. The summed E-state index contributed by atoms with van der Waals surface area (Å²) in [5.74, 6) is 2.34. The van der Waals surface area contributed by atoms with Gasteiger partial charge in [0, 0.05) is 43.6 Å². The monoisotopic (exact) mass is 349 g/mol. The molecule has 0 radical (unpaired) electrons. The predicted octanol–water partition coefficient (Wildman–Crippen LogP) is 3.91.